The lowest BCUT2D eigenvalue weighted by Gasteiger charge is -2.28. The Morgan fingerprint density at radius 2 is 1.96 bits per heavy atom. The van der Waals surface area contributed by atoms with E-state index >= 15 is 0 Å². The summed E-state index contributed by atoms with van der Waals surface area (Å²) in [6.07, 6.45) is 0. The van der Waals surface area contributed by atoms with E-state index in [4.69, 9.17) is 18.9 Å². The van der Waals surface area contributed by atoms with Crippen LogP contribution in [0, 0.1) is 0 Å². The van der Waals surface area contributed by atoms with E-state index < -0.39 is 11.6 Å². The average Bonchev–Trinajstić information content (AvgIpc) is 2.54. The van der Waals surface area contributed by atoms with E-state index in [0.717, 1.165) is 18.7 Å². The molecule has 25 heavy (non-hydrogen) atoms. The number of ether oxygens (including phenoxy) is 4. The molecule has 0 spiro atoms. The molecule has 0 N–H and O–H groups in total. The maximum absolute atomic E-state index is 12.9. The van der Waals surface area contributed by atoms with Gasteiger partial charge in [-0.1, -0.05) is 6.07 Å². The van der Waals surface area contributed by atoms with Crippen LogP contribution in [0.25, 0.3) is 0 Å². The third kappa shape index (κ3) is 5.95. The lowest BCUT2D eigenvalue weighted by atomic mass is 10.0. The van der Waals surface area contributed by atoms with Crippen molar-refractivity contribution in [1.82, 2.24) is 4.90 Å². The summed E-state index contributed by atoms with van der Waals surface area (Å²) in [7, 11) is 1.54. The van der Waals surface area contributed by atoms with Crippen LogP contribution in [0.3, 0.4) is 0 Å². The van der Waals surface area contributed by atoms with Crippen LogP contribution < -0.4 is 4.74 Å². The molecule has 1 aromatic rings. The Kier molecular flexibility index (Phi) is 7.25. The Hall–Kier alpha value is -1.15. The molecule has 0 unspecified atom stereocenters. The summed E-state index contributed by atoms with van der Waals surface area (Å²) < 4.78 is 22.4. The second kappa shape index (κ2) is 8.98. The van der Waals surface area contributed by atoms with Gasteiger partial charge in [-0.15, -0.1) is 0 Å². The van der Waals surface area contributed by atoms with E-state index in [1.165, 1.54) is 0 Å². The van der Waals surface area contributed by atoms with Gasteiger partial charge < -0.3 is 18.9 Å². The number of morpholine rings is 1. The minimum Gasteiger partial charge on any atom is -0.465 e. The van der Waals surface area contributed by atoms with Gasteiger partial charge in [-0.2, -0.15) is 0 Å². The topological polar surface area (TPSA) is 57.2 Å². The maximum atomic E-state index is 12.9. The predicted octanol–water partition coefficient (Wildman–Crippen LogP) is 3.22. The highest BCUT2D eigenvalue weighted by Gasteiger charge is 2.27. The number of rotatable bonds is 6. The third-order valence-electron chi connectivity index (χ3n) is 3.62. The highest BCUT2D eigenvalue weighted by molar-refractivity contribution is 9.10. The van der Waals surface area contributed by atoms with Crippen LogP contribution in [-0.2, 0) is 20.8 Å². The van der Waals surface area contributed by atoms with Crippen LogP contribution in [0.5, 0.6) is 5.75 Å². The highest BCUT2D eigenvalue weighted by Crippen LogP contribution is 2.34. The van der Waals surface area contributed by atoms with Crippen molar-refractivity contribution >= 4 is 21.9 Å². The molecule has 0 saturated carbocycles. The lowest BCUT2D eigenvalue weighted by Crippen LogP contribution is -2.36. The van der Waals surface area contributed by atoms with E-state index in [-0.39, 0.29) is 6.79 Å². The van der Waals surface area contributed by atoms with E-state index in [9.17, 15) is 4.79 Å². The van der Waals surface area contributed by atoms with Crippen molar-refractivity contribution < 1.29 is 23.7 Å². The first-order valence-electron chi connectivity index (χ1n) is 8.28. The van der Waals surface area contributed by atoms with Gasteiger partial charge in [0.1, 0.15) is 11.2 Å². The summed E-state index contributed by atoms with van der Waals surface area (Å²) in [4.78, 5) is 15.1. The van der Waals surface area contributed by atoms with Gasteiger partial charge >= 0.3 is 5.97 Å². The molecule has 1 aromatic carbocycles. The Balaban J connectivity index is 2.36. The fraction of sp³-hybridized carbons (Fsp3) is 0.611. The van der Waals surface area contributed by atoms with E-state index in [1.54, 1.807) is 7.11 Å². The zero-order chi connectivity index (χ0) is 18.4. The highest BCUT2D eigenvalue weighted by atomic mass is 79.9. The zero-order valence-electron chi connectivity index (χ0n) is 15.3. The first-order valence-corrected chi connectivity index (χ1v) is 9.07. The summed E-state index contributed by atoms with van der Waals surface area (Å²) in [5, 5.41) is 0. The Morgan fingerprint density at radius 1 is 1.28 bits per heavy atom. The molecular weight excluding hydrogens is 390 g/mol. The molecule has 0 amide bonds. The van der Waals surface area contributed by atoms with Gasteiger partial charge in [0, 0.05) is 26.7 Å². The van der Waals surface area contributed by atoms with Gasteiger partial charge in [-0.25, -0.2) is 4.79 Å². The molecule has 7 heteroatoms. The minimum atomic E-state index is -0.589. The van der Waals surface area contributed by atoms with Crippen LogP contribution in [-0.4, -0.2) is 56.7 Å². The molecule has 0 bridgehead atoms. The van der Waals surface area contributed by atoms with Gasteiger partial charge in [-0.05, 0) is 48.3 Å². The smallest absolute Gasteiger partial charge is 0.342 e. The molecule has 1 fully saturated rings. The molecule has 0 aliphatic carbocycles. The number of hydrogen-bond acceptors (Lipinski definition) is 6. The van der Waals surface area contributed by atoms with Crippen molar-refractivity contribution in [3.63, 3.8) is 0 Å². The minimum absolute atomic E-state index is 0.0510. The summed E-state index contributed by atoms with van der Waals surface area (Å²) in [5.41, 5.74) is 0.715. The first-order chi connectivity index (χ1) is 11.8. The monoisotopic (exact) mass is 415 g/mol. The van der Waals surface area contributed by atoms with Crippen molar-refractivity contribution in [2.75, 3.05) is 40.2 Å². The standard InChI is InChI=1S/C18H26BrNO5/c1-18(2,3)25-17(21)15-13(11-20-7-9-23-10-8-20)5-6-14(19)16(15)24-12-22-4/h5-6H,7-12H2,1-4H3. The Morgan fingerprint density at radius 3 is 2.56 bits per heavy atom. The molecule has 1 saturated heterocycles. The number of carbonyl (C=O) groups excluding carboxylic acids is 1. The molecule has 0 aromatic heterocycles. The number of carbonyl (C=O) groups is 1. The molecule has 2 rings (SSSR count). The van der Waals surface area contributed by atoms with Crippen LogP contribution in [0.4, 0.5) is 0 Å². The van der Waals surface area contributed by atoms with Crippen molar-refractivity contribution in [2.45, 2.75) is 32.9 Å². The number of halogens is 1. The SMILES string of the molecule is COCOc1c(Br)ccc(CN2CCOCC2)c1C(=O)OC(C)(C)C. The fourth-order valence-corrected chi connectivity index (χ4v) is 2.99. The van der Waals surface area contributed by atoms with Crippen molar-refractivity contribution in [3.05, 3.63) is 27.7 Å². The molecule has 0 radical (unpaired) electrons. The number of esters is 1. The molecule has 1 aliphatic heterocycles. The van der Waals surface area contributed by atoms with Gasteiger partial charge in [0.2, 0.25) is 0 Å². The first kappa shape index (κ1) is 20.2. The normalized spacial score (nSPS) is 15.9. The van der Waals surface area contributed by atoms with Crippen molar-refractivity contribution in [3.8, 4) is 5.75 Å². The largest absolute Gasteiger partial charge is 0.465 e. The number of nitrogens with zero attached hydrogens (tertiary/aromatic N) is 1. The summed E-state index contributed by atoms with van der Waals surface area (Å²) in [6, 6.07) is 3.81. The molecule has 1 aliphatic rings. The Labute approximate surface area is 157 Å². The summed E-state index contributed by atoms with van der Waals surface area (Å²) in [6.45, 7) is 9.29. The second-order valence-corrected chi connectivity index (χ2v) is 7.71. The number of methoxy groups -OCH3 is 1. The maximum Gasteiger partial charge on any atom is 0.342 e. The van der Waals surface area contributed by atoms with E-state index in [2.05, 4.69) is 20.8 Å². The zero-order valence-corrected chi connectivity index (χ0v) is 16.8. The van der Waals surface area contributed by atoms with Crippen molar-refractivity contribution in [2.24, 2.45) is 0 Å². The third-order valence-corrected chi connectivity index (χ3v) is 4.24. The van der Waals surface area contributed by atoms with E-state index in [1.807, 2.05) is 32.9 Å². The lowest BCUT2D eigenvalue weighted by molar-refractivity contribution is 0.00496. The molecule has 0 atom stereocenters. The van der Waals surface area contributed by atoms with Crippen LogP contribution in [0.1, 0.15) is 36.7 Å². The summed E-state index contributed by atoms with van der Waals surface area (Å²) >= 11 is 3.46. The van der Waals surface area contributed by atoms with Gasteiger partial charge in [-0.3, -0.25) is 4.90 Å². The quantitative estimate of drug-likeness (QED) is 0.525. The number of benzene rings is 1. The molecule has 1 heterocycles. The molecular formula is C18H26BrNO5. The second-order valence-electron chi connectivity index (χ2n) is 6.85. The molecule has 140 valence electrons. The van der Waals surface area contributed by atoms with E-state index in [0.29, 0.717) is 35.5 Å². The van der Waals surface area contributed by atoms with Crippen molar-refractivity contribution in [1.29, 1.82) is 0 Å². The van der Waals surface area contributed by atoms with Gasteiger partial charge in [0.25, 0.3) is 0 Å². The van der Waals surface area contributed by atoms with Crippen LogP contribution >= 0.6 is 15.9 Å². The fourth-order valence-electron chi connectivity index (χ4n) is 2.54. The van der Waals surface area contributed by atoms with Crippen LogP contribution in [0.15, 0.2) is 16.6 Å². The van der Waals surface area contributed by atoms with Crippen LogP contribution in [0.2, 0.25) is 0 Å². The average molecular weight is 416 g/mol. The van der Waals surface area contributed by atoms with Gasteiger partial charge in [0.05, 0.1) is 17.7 Å². The van der Waals surface area contributed by atoms with Gasteiger partial charge in [0.15, 0.2) is 12.5 Å². The number of hydrogen-bond donors (Lipinski definition) is 0. The predicted molar refractivity (Wildman–Crippen MR) is 97.9 cm³/mol. The molecule has 6 nitrogen and oxygen atoms in total. The summed E-state index contributed by atoms with van der Waals surface area (Å²) in [5.74, 6) is 0.0463. The Bertz CT molecular complexity index is 594.